The first kappa shape index (κ1) is 20.4. The number of ether oxygens (including phenoxy) is 1. The molecule has 0 saturated heterocycles. The zero-order valence-electron chi connectivity index (χ0n) is 12.2. The normalized spacial score (nSPS) is 10.3. The lowest BCUT2D eigenvalue weighted by Crippen LogP contribution is -2.21. The van der Waals surface area contributed by atoms with E-state index in [1.165, 1.54) is 6.21 Å². The molecule has 2 aromatic carbocycles. The Morgan fingerprint density at radius 1 is 1.08 bits per heavy atom. The van der Waals surface area contributed by atoms with E-state index in [9.17, 15) is 0 Å². The van der Waals surface area contributed by atoms with Crippen molar-refractivity contribution in [2.75, 3.05) is 0 Å². The third kappa shape index (κ3) is 5.76. The summed E-state index contributed by atoms with van der Waals surface area (Å²) in [6, 6.07) is 10.6. The van der Waals surface area contributed by atoms with E-state index < -0.39 is 0 Å². The molecule has 0 aliphatic heterocycles. The molecule has 0 aliphatic carbocycles. The van der Waals surface area contributed by atoms with Gasteiger partial charge in [-0.05, 0) is 23.8 Å². The van der Waals surface area contributed by atoms with Crippen LogP contribution < -0.4 is 16.2 Å². The Morgan fingerprint density at radius 3 is 2.50 bits per heavy atom. The van der Waals surface area contributed by atoms with Gasteiger partial charge >= 0.3 is 0 Å². The van der Waals surface area contributed by atoms with Crippen molar-refractivity contribution in [1.29, 1.82) is 0 Å². The van der Waals surface area contributed by atoms with Crippen LogP contribution in [0.25, 0.3) is 0 Å². The van der Waals surface area contributed by atoms with E-state index in [1.807, 2.05) is 6.07 Å². The van der Waals surface area contributed by atoms with E-state index in [0.717, 1.165) is 5.56 Å². The Hall–Kier alpha value is -1.66. The van der Waals surface area contributed by atoms with Crippen LogP contribution in [0.5, 0.6) is 5.75 Å². The van der Waals surface area contributed by atoms with Crippen LogP contribution in [0, 0.1) is 0 Å². The lowest BCUT2D eigenvalue weighted by atomic mass is 10.2. The molecule has 4 N–H and O–H groups in total. The van der Waals surface area contributed by atoms with Gasteiger partial charge < -0.3 is 16.2 Å². The van der Waals surface area contributed by atoms with E-state index in [-0.39, 0.29) is 18.4 Å². The van der Waals surface area contributed by atoms with Crippen molar-refractivity contribution in [1.82, 2.24) is 0 Å². The number of nitrogens with two attached hydrogens (primary N) is 2. The van der Waals surface area contributed by atoms with Crippen molar-refractivity contribution in [3.05, 3.63) is 62.6 Å². The minimum atomic E-state index is -0.135. The van der Waals surface area contributed by atoms with Crippen LogP contribution >= 0.6 is 47.2 Å². The molecular weight excluding hydrogens is 394 g/mol. The first-order valence-corrected chi connectivity index (χ1v) is 7.58. The van der Waals surface area contributed by atoms with Crippen molar-refractivity contribution in [2.45, 2.75) is 6.61 Å². The predicted octanol–water partition coefficient (Wildman–Crippen LogP) is 4.25. The average Bonchev–Trinajstić information content (AvgIpc) is 2.51. The molecular formula is C15H14Cl4N4O. The topological polar surface area (TPSA) is 86.0 Å². The number of hydrogen-bond donors (Lipinski definition) is 2. The minimum Gasteiger partial charge on any atom is -0.487 e. The van der Waals surface area contributed by atoms with Crippen molar-refractivity contribution < 1.29 is 4.74 Å². The molecule has 9 heteroatoms. The highest BCUT2D eigenvalue weighted by atomic mass is 35.5. The summed E-state index contributed by atoms with van der Waals surface area (Å²) in [7, 11) is 0. The quantitative estimate of drug-likeness (QED) is 0.441. The molecule has 0 radical (unpaired) electrons. The fourth-order valence-corrected chi connectivity index (χ4v) is 2.24. The van der Waals surface area contributed by atoms with Crippen molar-refractivity contribution in [3.63, 3.8) is 0 Å². The molecule has 24 heavy (non-hydrogen) atoms. The van der Waals surface area contributed by atoms with Gasteiger partial charge in [-0.25, -0.2) is 0 Å². The molecule has 0 heterocycles. The van der Waals surface area contributed by atoms with Crippen LogP contribution in [-0.2, 0) is 6.61 Å². The lowest BCUT2D eigenvalue weighted by Gasteiger charge is -2.10. The Labute approximate surface area is 160 Å². The molecule has 0 spiro atoms. The highest BCUT2D eigenvalue weighted by molar-refractivity contribution is 6.42. The first-order chi connectivity index (χ1) is 11.0. The molecule has 2 rings (SSSR count). The monoisotopic (exact) mass is 406 g/mol. The molecule has 0 saturated carbocycles. The minimum absolute atomic E-state index is 0. The summed E-state index contributed by atoms with van der Waals surface area (Å²) in [4.78, 5) is 0. The number of rotatable bonds is 5. The third-order valence-electron chi connectivity index (χ3n) is 2.74. The molecule has 0 amide bonds. The summed E-state index contributed by atoms with van der Waals surface area (Å²) in [5.74, 6) is 0.371. The van der Waals surface area contributed by atoms with Crippen LogP contribution in [0.4, 0.5) is 0 Å². The Bertz CT molecular complexity index is 761. The maximum atomic E-state index is 6.27. The Morgan fingerprint density at radius 2 is 1.83 bits per heavy atom. The molecule has 0 atom stereocenters. The van der Waals surface area contributed by atoms with Gasteiger partial charge in [0, 0.05) is 5.56 Å². The van der Waals surface area contributed by atoms with E-state index in [2.05, 4.69) is 10.2 Å². The van der Waals surface area contributed by atoms with Crippen LogP contribution in [0.1, 0.15) is 11.1 Å². The summed E-state index contributed by atoms with van der Waals surface area (Å²) >= 11 is 18.1. The first-order valence-electron chi connectivity index (χ1n) is 6.44. The second kappa shape index (κ2) is 9.59. The van der Waals surface area contributed by atoms with Gasteiger partial charge in [-0.2, -0.15) is 5.10 Å². The molecule has 0 unspecified atom stereocenters. The second-order valence-electron chi connectivity index (χ2n) is 4.47. The van der Waals surface area contributed by atoms with Gasteiger partial charge in [-0.1, -0.05) is 53.0 Å². The van der Waals surface area contributed by atoms with Gasteiger partial charge in [-0.3, -0.25) is 0 Å². The molecule has 0 aliphatic rings. The number of hydrogen-bond acceptors (Lipinski definition) is 3. The number of guanidine groups is 1. The molecule has 0 bridgehead atoms. The molecule has 5 nitrogen and oxygen atoms in total. The van der Waals surface area contributed by atoms with Crippen LogP contribution in [0.3, 0.4) is 0 Å². The predicted molar refractivity (Wildman–Crippen MR) is 103 cm³/mol. The van der Waals surface area contributed by atoms with Gasteiger partial charge in [0.25, 0.3) is 0 Å². The van der Waals surface area contributed by atoms with E-state index in [4.69, 9.17) is 51.0 Å². The zero-order chi connectivity index (χ0) is 16.8. The fourth-order valence-electron chi connectivity index (χ4n) is 1.69. The second-order valence-corrected chi connectivity index (χ2v) is 5.66. The Kier molecular flexibility index (Phi) is 8.15. The van der Waals surface area contributed by atoms with Gasteiger partial charge in [-0.15, -0.1) is 17.5 Å². The summed E-state index contributed by atoms with van der Waals surface area (Å²) in [5.41, 5.74) is 11.9. The molecule has 2 aromatic rings. The largest absolute Gasteiger partial charge is 0.487 e. The van der Waals surface area contributed by atoms with E-state index in [0.29, 0.717) is 33.0 Å². The van der Waals surface area contributed by atoms with Gasteiger partial charge in [0.1, 0.15) is 12.4 Å². The fraction of sp³-hybridized carbons (Fsp3) is 0.0667. The Balaban J connectivity index is 0.00000288. The summed E-state index contributed by atoms with van der Waals surface area (Å²) < 4.78 is 5.71. The maximum absolute atomic E-state index is 6.27. The summed E-state index contributed by atoms with van der Waals surface area (Å²) in [6.07, 6.45) is 1.44. The molecule has 0 fully saturated rings. The van der Waals surface area contributed by atoms with Gasteiger partial charge in [0.05, 0.1) is 21.3 Å². The molecule has 128 valence electrons. The standard InChI is InChI=1S/C15H13Cl3N4O.ClH/c16-11-5-4-9(6-12(11)17)8-23-13-3-1-2-10(14(13)18)7-21-22-15(19)20;/h1-7H,8H2,(H4,19,20,22);1H. The molecule has 0 aromatic heterocycles. The van der Waals surface area contributed by atoms with Crippen LogP contribution in [-0.4, -0.2) is 12.2 Å². The number of halogens is 4. The average molecular weight is 408 g/mol. The highest BCUT2D eigenvalue weighted by Gasteiger charge is 2.07. The smallest absolute Gasteiger partial charge is 0.211 e. The summed E-state index contributed by atoms with van der Waals surface area (Å²) in [6.45, 7) is 0.297. The van der Waals surface area contributed by atoms with E-state index in [1.54, 1.807) is 30.3 Å². The third-order valence-corrected chi connectivity index (χ3v) is 3.89. The van der Waals surface area contributed by atoms with Crippen molar-refractivity contribution >= 4 is 59.4 Å². The maximum Gasteiger partial charge on any atom is 0.211 e. The van der Waals surface area contributed by atoms with E-state index >= 15 is 0 Å². The SMILES string of the molecule is Cl.NC(N)=NN=Cc1cccc(OCc2ccc(Cl)c(Cl)c2)c1Cl. The van der Waals surface area contributed by atoms with Gasteiger partial charge in [0.2, 0.25) is 5.96 Å². The highest BCUT2D eigenvalue weighted by Crippen LogP contribution is 2.29. The van der Waals surface area contributed by atoms with Crippen molar-refractivity contribution in [2.24, 2.45) is 21.7 Å². The lowest BCUT2D eigenvalue weighted by molar-refractivity contribution is 0.306. The van der Waals surface area contributed by atoms with Crippen LogP contribution in [0.2, 0.25) is 15.1 Å². The zero-order valence-corrected chi connectivity index (χ0v) is 15.3. The van der Waals surface area contributed by atoms with Crippen molar-refractivity contribution in [3.8, 4) is 5.75 Å². The number of nitrogens with zero attached hydrogens (tertiary/aromatic N) is 2. The van der Waals surface area contributed by atoms with Gasteiger partial charge in [0.15, 0.2) is 0 Å². The van der Waals surface area contributed by atoms with Crippen LogP contribution in [0.15, 0.2) is 46.6 Å². The number of benzene rings is 2. The summed E-state index contributed by atoms with van der Waals surface area (Å²) in [5, 5.41) is 8.61.